The van der Waals surface area contributed by atoms with Crippen LogP contribution >= 0.6 is 27.7 Å². The first-order chi connectivity index (χ1) is 9.15. The van der Waals surface area contributed by atoms with Gasteiger partial charge in [-0.25, -0.2) is 0 Å². The van der Waals surface area contributed by atoms with Crippen LogP contribution in [0.3, 0.4) is 0 Å². The molecule has 1 rings (SSSR count). The van der Waals surface area contributed by atoms with Crippen LogP contribution in [0.1, 0.15) is 41.6 Å². The summed E-state index contributed by atoms with van der Waals surface area (Å²) >= 11 is 5.35. The van der Waals surface area contributed by atoms with E-state index >= 15 is 0 Å². The topological polar surface area (TPSA) is 29.1 Å². The van der Waals surface area contributed by atoms with Gasteiger partial charge < -0.3 is 5.32 Å². The predicted octanol–water partition coefficient (Wildman–Crippen LogP) is 4.41. The largest absolute Gasteiger partial charge is 0.352 e. The minimum Gasteiger partial charge on any atom is -0.352 e. The zero-order chi connectivity index (χ0) is 14.1. The summed E-state index contributed by atoms with van der Waals surface area (Å²) in [6, 6.07) is 5.71. The normalized spacial score (nSPS) is 10.5. The molecule has 106 valence electrons. The fourth-order valence-electron chi connectivity index (χ4n) is 1.76. The standard InChI is InChI=1S/C15H22BrNOS/c1-12-7-8-13(11-14(12)16)15(18)17-9-5-3-4-6-10-19-2/h7-8,11H,3-6,9-10H2,1-2H3,(H,17,18). The van der Waals surface area contributed by atoms with Crippen LogP contribution in [0.2, 0.25) is 0 Å². The first-order valence-corrected chi connectivity index (χ1v) is 8.87. The van der Waals surface area contributed by atoms with Crippen molar-refractivity contribution in [2.24, 2.45) is 0 Å². The molecule has 0 fully saturated rings. The maximum absolute atomic E-state index is 11.9. The Balaban J connectivity index is 2.22. The fraction of sp³-hybridized carbons (Fsp3) is 0.533. The third-order valence-electron chi connectivity index (χ3n) is 2.99. The van der Waals surface area contributed by atoms with Crippen LogP contribution in [-0.4, -0.2) is 24.5 Å². The summed E-state index contributed by atoms with van der Waals surface area (Å²) in [5.41, 5.74) is 1.87. The second-order valence-corrected chi connectivity index (χ2v) is 6.47. The minimum atomic E-state index is 0.0183. The van der Waals surface area contributed by atoms with E-state index in [1.807, 2.05) is 36.9 Å². The lowest BCUT2D eigenvalue weighted by Gasteiger charge is -2.06. The van der Waals surface area contributed by atoms with Crippen LogP contribution in [0.15, 0.2) is 22.7 Å². The highest BCUT2D eigenvalue weighted by Gasteiger charge is 2.06. The number of carbonyl (C=O) groups is 1. The van der Waals surface area contributed by atoms with Crippen molar-refractivity contribution in [3.63, 3.8) is 0 Å². The van der Waals surface area contributed by atoms with Gasteiger partial charge in [0, 0.05) is 16.6 Å². The predicted molar refractivity (Wildman–Crippen MR) is 88.1 cm³/mol. The smallest absolute Gasteiger partial charge is 0.251 e. The van der Waals surface area contributed by atoms with Gasteiger partial charge in [-0.2, -0.15) is 11.8 Å². The van der Waals surface area contributed by atoms with Gasteiger partial charge in [-0.3, -0.25) is 4.79 Å². The van der Waals surface area contributed by atoms with Crippen molar-refractivity contribution in [3.05, 3.63) is 33.8 Å². The van der Waals surface area contributed by atoms with E-state index in [9.17, 15) is 4.79 Å². The lowest BCUT2D eigenvalue weighted by atomic mass is 10.1. The average molecular weight is 344 g/mol. The molecule has 0 radical (unpaired) electrons. The van der Waals surface area contributed by atoms with E-state index in [-0.39, 0.29) is 5.91 Å². The molecular formula is C15H22BrNOS. The number of aryl methyl sites for hydroxylation is 1. The van der Waals surface area contributed by atoms with Gasteiger partial charge in [0.2, 0.25) is 0 Å². The Morgan fingerprint density at radius 3 is 2.68 bits per heavy atom. The number of unbranched alkanes of at least 4 members (excludes halogenated alkanes) is 3. The van der Waals surface area contributed by atoms with Gasteiger partial charge in [0.25, 0.3) is 5.91 Å². The lowest BCUT2D eigenvalue weighted by Crippen LogP contribution is -2.24. The van der Waals surface area contributed by atoms with Gasteiger partial charge in [0.15, 0.2) is 0 Å². The first-order valence-electron chi connectivity index (χ1n) is 6.68. The van der Waals surface area contributed by atoms with Gasteiger partial charge in [-0.1, -0.05) is 34.8 Å². The van der Waals surface area contributed by atoms with Crippen molar-refractivity contribution in [1.82, 2.24) is 5.32 Å². The van der Waals surface area contributed by atoms with Crippen molar-refractivity contribution in [2.75, 3.05) is 18.6 Å². The summed E-state index contributed by atoms with van der Waals surface area (Å²) in [7, 11) is 0. The molecule has 0 bridgehead atoms. The molecule has 0 spiro atoms. The number of thioether (sulfide) groups is 1. The number of hydrogen-bond donors (Lipinski definition) is 1. The zero-order valence-corrected chi connectivity index (χ0v) is 14.1. The van der Waals surface area contributed by atoms with Crippen LogP contribution in [0.4, 0.5) is 0 Å². The van der Waals surface area contributed by atoms with Gasteiger partial charge in [-0.05, 0) is 49.5 Å². The molecule has 0 saturated heterocycles. The Morgan fingerprint density at radius 2 is 2.00 bits per heavy atom. The van der Waals surface area contributed by atoms with Crippen molar-refractivity contribution in [2.45, 2.75) is 32.6 Å². The molecule has 2 nitrogen and oxygen atoms in total. The molecule has 0 aliphatic carbocycles. The highest BCUT2D eigenvalue weighted by atomic mass is 79.9. The van der Waals surface area contributed by atoms with Crippen LogP contribution in [0.5, 0.6) is 0 Å². The van der Waals surface area contributed by atoms with Crippen LogP contribution in [0.25, 0.3) is 0 Å². The molecule has 0 aromatic heterocycles. The maximum Gasteiger partial charge on any atom is 0.251 e. The number of hydrogen-bond acceptors (Lipinski definition) is 2. The molecule has 1 aromatic carbocycles. The molecule has 1 N–H and O–H groups in total. The van der Waals surface area contributed by atoms with E-state index < -0.39 is 0 Å². The Kier molecular flexibility index (Phi) is 8.22. The number of halogens is 1. The van der Waals surface area contributed by atoms with Crippen LogP contribution in [0, 0.1) is 6.92 Å². The van der Waals surface area contributed by atoms with E-state index in [1.54, 1.807) is 0 Å². The Bertz CT molecular complexity index is 409. The summed E-state index contributed by atoms with van der Waals surface area (Å²) in [5.74, 6) is 1.26. The summed E-state index contributed by atoms with van der Waals surface area (Å²) in [5, 5.41) is 2.97. The van der Waals surface area contributed by atoms with Crippen LogP contribution < -0.4 is 5.32 Å². The SMILES string of the molecule is CSCCCCCCNC(=O)c1ccc(C)c(Br)c1. The average Bonchev–Trinajstić information content (AvgIpc) is 2.40. The molecule has 0 aliphatic heterocycles. The highest BCUT2D eigenvalue weighted by Crippen LogP contribution is 2.17. The van der Waals surface area contributed by atoms with Crippen molar-refractivity contribution in [1.29, 1.82) is 0 Å². The van der Waals surface area contributed by atoms with Gasteiger partial charge >= 0.3 is 0 Å². The van der Waals surface area contributed by atoms with Crippen molar-refractivity contribution >= 4 is 33.6 Å². The maximum atomic E-state index is 11.9. The highest BCUT2D eigenvalue weighted by molar-refractivity contribution is 9.10. The van der Waals surface area contributed by atoms with E-state index in [0.29, 0.717) is 0 Å². The van der Waals surface area contributed by atoms with Crippen molar-refractivity contribution < 1.29 is 4.79 Å². The summed E-state index contributed by atoms with van der Waals surface area (Å²) in [6.45, 7) is 2.78. The van der Waals surface area contributed by atoms with E-state index in [2.05, 4.69) is 27.5 Å². The summed E-state index contributed by atoms with van der Waals surface area (Å²) in [6.07, 6.45) is 6.93. The second kappa shape index (κ2) is 9.43. The van der Waals surface area contributed by atoms with E-state index in [4.69, 9.17) is 0 Å². The quantitative estimate of drug-likeness (QED) is 0.708. The molecule has 0 atom stereocenters. The fourth-order valence-corrected chi connectivity index (χ4v) is 2.63. The molecule has 0 heterocycles. The van der Waals surface area contributed by atoms with E-state index in [1.165, 1.54) is 25.0 Å². The van der Waals surface area contributed by atoms with E-state index in [0.717, 1.165) is 28.6 Å². The molecule has 0 unspecified atom stereocenters. The number of rotatable bonds is 8. The Labute approximate surface area is 128 Å². The third-order valence-corrected chi connectivity index (χ3v) is 4.55. The molecule has 0 aliphatic rings. The minimum absolute atomic E-state index is 0.0183. The monoisotopic (exact) mass is 343 g/mol. The molecule has 4 heteroatoms. The Hall–Kier alpha value is -0.480. The molecule has 1 aromatic rings. The number of amides is 1. The summed E-state index contributed by atoms with van der Waals surface area (Å²) < 4.78 is 0.984. The second-order valence-electron chi connectivity index (χ2n) is 4.63. The zero-order valence-electron chi connectivity index (χ0n) is 11.7. The van der Waals surface area contributed by atoms with Gasteiger partial charge in [0.05, 0.1) is 0 Å². The molecule has 19 heavy (non-hydrogen) atoms. The molecule has 0 saturated carbocycles. The third kappa shape index (κ3) is 6.48. The number of carbonyl (C=O) groups excluding carboxylic acids is 1. The lowest BCUT2D eigenvalue weighted by molar-refractivity contribution is 0.0953. The Morgan fingerprint density at radius 1 is 1.26 bits per heavy atom. The van der Waals surface area contributed by atoms with Crippen molar-refractivity contribution in [3.8, 4) is 0 Å². The number of nitrogens with one attached hydrogen (secondary N) is 1. The molecule has 1 amide bonds. The van der Waals surface area contributed by atoms with Gasteiger partial charge in [-0.15, -0.1) is 0 Å². The molecular weight excluding hydrogens is 322 g/mol. The van der Waals surface area contributed by atoms with Crippen LogP contribution in [-0.2, 0) is 0 Å². The summed E-state index contributed by atoms with van der Waals surface area (Å²) in [4.78, 5) is 11.9. The first kappa shape index (κ1) is 16.6. The number of benzene rings is 1. The van der Waals surface area contributed by atoms with Gasteiger partial charge in [0.1, 0.15) is 0 Å².